The molecule has 4 nitrogen and oxygen atoms in total. The molecule has 2 rings (SSSR count). The Labute approximate surface area is 117 Å². The van der Waals surface area contributed by atoms with Gasteiger partial charge in [-0.2, -0.15) is 0 Å². The van der Waals surface area contributed by atoms with Gasteiger partial charge in [0.1, 0.15) is 0 Å². The monoisotopic (exact) mass is 313 g/mol. The Morgan fingerprint density at radius 2 is 2.00 bits per heavy atom. The van der Waals surface area contributed by atoms with Crippen molar-refractivity contribution in [2.24, 2.45) is 0 Å². The van der Waals surface area contributed by atoms with Gasteiger partial charge in [-0.15, -0.1) is 0 Å². The smallest absolute Gasteiger partial charge is 0.0718 e. The molecule has 2 heterocycles. The molecular weight excluding hydrogens is 294 g/mol. The van der Waals surface area contributed by atoms with E-state index < -0.39 is 5.60 Å². The Bertz CT molecular complexity index is 397. The maximum atomic E-state index is 9.83. The number of rotatable bonds is 3. The molecule has 0 unspecified atom stereocenters. The number of anilines is 1. The van der Waals surface area contributed by atoms with Gasteiger partial charge in [-0.05, 0) is 35.8 Å². The molecule has 5 heteroatoms. The fourth-order valence-corrected chi connectivity index (χ4v) is 2.82. The molecule has 0 atom stereocenters. The van der Waals surface area contributed by atoms with Gasteiger partial charge in [0.25, 0.3) is 0 Å². The molecular formula is C13H20BrN3O. The van der Waals surface area contributed by atoms with Crippen molar-refractivity contribution in [2.45, 2.75) is 19.4 Å². The van der Waals surface area contributed by atoms with Crippen molar-refractivity contribution in [1.29, 1.82) is 0 Å². The van der Waals surface area contributed by atoms with Crippen LogP contribution in [0.3, 0.4) is 0 Å². The Morgan fingerprint density at radius 3 is 2.56 bits per heavy atom. The topological polar surface area (TPSA) is 39.6 Å². The number of β-amino-alcohol motifs (C(OH)–C–C–N with tert-alkyl or cyclic N) is 1. The SMILES string of the molecule is CC(C)(O)CN1CCN(c2ccncc2Br)CC1. The second-order valence-electron chi connectivity index (χ2n) is 5.40. The Balaban J connectivity index is 1.93. The predicted octanol–water partition coefficient (Wildman–Crippen LogP) is 1.74. The fraction of sp³-hybridized carbons (Fsp3) is 0.615. The maximum absolute atomic E-state index is 9.83. The minimum atomic E-state index is -0.612. The molecule has 0 aliphatic carbocycles. The molecule has 18 heavy (non-hydrogen) atoms. The predicted molar refractivity (Wildman–Crippen MR) is 76.9 cm³/mol. The van der Waals surface area contributed by atoms with Crippen molar-refractivity contribution in [3.8, 4) is 0 Å². The molecule has 0 spiro atoms. The van der Waals surface area contributed by atoms with Crippen molar-refractivity contribution in [3.05, 3.63) is 22.9 Å². The quantitative estimate of drug-likeness (QED) is 0.922. The molecule has 0 amide bonds. The summed E-state index contributed by atoms with van der Waals surface area (Å²) in [6.07, 6.45) is 3.65. The third kappa shape index (κ3) is 3.67. The van der Waals surface area contributed by atoms with E-state index in [2.05, 4.69) is 30.7 Å². The first-order valence-corrected chi connectivity index (χ1v) is 7.04. The zero-order chi connectivity index (χ0) is 13.2. The lowest BCUT2D eigenvalue weighted by atomic mass is 10.1. The van der Waals surface area contributed by atoms with E-state index >= 15 is 0 Å². The summed E-state index contributed by atoms with van der Waals surface area (Å²) >= 11 is 3.54. The summed E-state index contributed by atoms with van der Waals surface area (Å²) < 4.78 is 1.04. The van der Waals surface area contributed by atoms with E-state index in [0.29, 0.717) is 0 Å². The largest absolute Gasteiger partial charge is 0.389 e. The van der Waals surface area contributed by atoms with Crippen molar-refractivity contribution in [1.82, 2.24) is 9.88 Å². The van der Waals surface area contributed by atoms with Gasteiger partial charge >= 0.3 is 0 Å². The van der Waals surface area contributed by atoms with Gasteiger partial charge in [-0.25, -0.2) is 0 Å². The van der Waals surface area contributed by atoms with Crippen LogP contribution in [0.25, 0.3) is 0 Å². The number of hydrogen-bond acceptors (Lipinski definition) is 4. The number of piperazine rings is 1. The lowest BCUT2D eigenvalue weighted by Crippen LogP contribution is -2.50. The molecule has 0 aromatic carbocycles. The second kappa shape index (κ2) is 5.55. The van der Waals surface area contributed by atoms with Gasteiger partial charge in [0.2, 0.25) is 0 Å². The highest BCUT2D eigenvalue weighted by molar-refractivity contribution is 9.10. The minimum absolute atomic E-state index is 0.612. The standard InChI is InChI=1S/C13H20BrN3O/c1-13(2,18)10-16-5-7-17(8-6-16)12-3-4-15-9-11(12)14/h3-4,9,18H,5-8,10H2,1-2H3. The average molecular weight is 314 g/mol. The van der Waals surface area contributed by atoms with Crippen molar-refractivity contribution in [3.63, 3.8) is 0 Å². The third-order valence-electron chi connectivity index (χ3n) is 3.07. The van der Waals surface area contributed by atoms with Crippen LogP contribution in [0.1, 0.15) is 13.8 Å². The van der Waals surface area contributed by atoms with Crippen LogP contribution < -0.4 is 4.90 Å². The lowest BCUT2D eigenvalue weighted by Gasteiger charge is -2.38. The van der Waals surface area contributed by atoms with Crippen LogP contribution in [0, 0.1) is 0 Å². The number of hydrogen-bond donors (Lipinski definition) is 1. The average Bonchev–Trinajstić information content (AvgIpc) is 2.29. The van der Waals surface area contributed by atoms with E-state index in [1.807, 2.05) is 32.3 Å². The van der Waals surface area contributed by atoms with E-state index in [4.69, 9.17) is 0 Å². The van der Waals surface area contributed by atoms with Crippen LogP contribution >= 0.6 is 15.9 Å². The van der Waals surface area contributed by atoms with Gasteiger partial charge in [-0.3, -0.25) is 9.88 Å². The first kappa shape index (κ1) is 13.8. The first-order chi connectivity index (χ1) is 8.46. The molecule has 0 bridgehead atoms. The van der Waals surface area contributed by atoms with Gasteiger partial charge in [0.05, 0.1) is 15.8 Å². The normalized spacial score (nSPS) is 18.1. The molecule has 1 saturated heterocycles. The van der Waals surface area contributed by atoms with Crippen molar-refractivity contribution in [2.75, 3.05) is 37.6 Å². The van der Waals surface area contributed by atoms with E-state index in [-0.39, 0.29) is 0 Å². The Morgan fingerprint density at radius 1 is 1.33 bits per heavy atom. The van der Waals surface area contributed by atoms with Crippen molar-refractivity contribution >= 4 is 21.6 Å². The number of pyridine rings is 1. The molecule has 1 fully saturated rings. The summed E-state index contributed by atoms with van der Waals surface area (Å²) in [5.41, 5.74) is 0.590. The van der Waals surface area contributed by atoms with Gasteiger partial charge in [0, 0.05) is 45.1 Å². The highest BCUT2D eigenvalue weighted by Gasteiger charge is 2.23. The fourth-order valence-electron chi connectivity index (χ4n) is 2.32. The van der Waals surface area contributed by atoms with E-state index in [1.165, 1.54) is 5.69 Å². The third-order valence-corrected chi connectivity index (χ3v) is 3.69. The summed E-state index contributed by atoms with van der Waals surface area (Å²) in [5.74, 6) is 0. The number of nitrogens with zero attached hydrogens (tertiary/aromatic N) is 3. The summed E-state index contributed by atoms with van der Waals surface area (Å²) in [4.78, 5) is 8.75. The van der Waals surface area contributed by atoms with Gasteiger partial charge < -0.3 is 10.0 Å². The zero-order valence-electron chi connectivity index (χ0n) is 10.9. The number of aliphatic hydroxyl groups is 1. The van der Waals surface area contributed by atoms with Gasteiger partial charge in [0.15, 0.2) is 0 Å². The summed E-state index contributed by atoms with van der Waals surface area (Å²) in [5, 5.41) is 9.83. The van der Waals surface area contributed by atoms with E-state index in [1.54, 1.807) is 0 Å². The summed E-state index contributed by atoms with van der Waals surface area (Å²) in [6, 6.07) is 2.04. The van der Waals surface area contributed by atoms with Crippen LogP contribution in [-0.4, -0.2) is 53.3 Å². The molecule has 100 valence electrons. The Hall–Kier alpha value is -0.650. The highest BCUT2D eigenvalue weighted by Crippen LogP contribution is 2.25. The second-order valence-corrected chi connectivity index (χ2v) is 6.26. The Kier molecular flexibility index (Phi) is 4.25. The van der Waals surface area contributed by atoms with Crippen LogP contribution in [0.15, 0.2) is 22.9 Å². The molecule has 1 aliphatic rings. The van der Waals surface area contributed by atoms with Gasteiger partial charge in [-0.1, -0.05) is 0 Å². The summed E-state index contributed by atoms with van der Waals surface area (Å²) in [6.45, 7) is 8.39. The lowest BCUT2D eigenvalue weighted by molar-refractivity contribution is 0.0345. The molecule has 0 saturated carbocycles. The zero-order valence-corrected chi connectivity index (χ0v) is 12.5. The molecule has 1 N–H and O–H groups in total. The number of aromatic nitrogens is 1. The van der Waals surface area contributed by atoms with Crippen LogP contribution in [-0.2, 0) is 0 Å². The maximum Gasteiger partial charge on any atom is 0.0718 e. The van der Waals surface area contributed by atoms with E-state index in [0.717, 1.165) is 37.2 Å². The molecule has 1 aromatic heterocycles. The first-order valence-electron chi connectivity index (χ1n) is 6.25. The minimum Gasteiger partial charge on any atom is -0.389 e. The van der Waals surface area contributed by atoms with Crippen molar-refractivity contribution < 1.29 is 5.11 Å². The molecule has 0 radical (unpaired) electrons. The van der Waals surface area contributed by atoms with E-state index in [9.17, 15) is 5.11 Å². The molecule has 1 aliphatic heterocycles. The van der Waals surface area contributed by atoms with Crippen LogP contribution in [0.5, 0.6) is 0 Å². The summed E-state index contributed by atoms with van der Waals surface area (Å²) in [7, 11) is 0. The van der Waals surface area contributed by atoms with Crippen LogP contribution in [0.4, 0.5) is 5.69 Å². The van der Waals surface area contributed by atoms with Crippen LogP contribution in [0.2, 0.25) is 0 Å². The number of halogens is 1. The highest BCUT2D eigenvalue weighted by atomic mass is 79.9. The molecule has 1 aromatic rings.